The lowest BCUT2D eigenvalue weighted by molar-refractivity contribution is 0.0515. The molecular weight excluding hydrogens is 534 g/mol. The lowest BCUT2D eigenvalue weighted by atomic mass is 10.0. The molecule has 212 valence electrons. The maximum absolute atomic E-state index is 14.9. The summed E-state index contributed by atoms with van der Waals surface area (Å²) in [6.07, 6.45) is 2.97. The number of amidine groups is 1. The number of aryl methyl sites for hydroxylation is 2. The molecule has 2 aromatic heterocycles. The molecular formula is C30H28F2N4O5. The predicted octanol–water partition coefficient (Wildman–Crippen LogP) is 5.40. The van der Waals surface area contributed by atoms with Crippen LogP contribution in [-0.2, 0) is 9.57 Å². The zero-order valence-electron chi connectivity index (χ0n) is 22.7. The number of nitrogens with two attached hydrogens (primary N) is 1. The van der Waals surface area contributed by atoms with Gasteiger partial charge in [0, 0.05) is 43.0 Å². The molecule has 11 heteroatoms. The first-order valence-electron chi connectivity index (χ1n) is 13.0. The number of rotatable bonds is 6. The molecule has 0 spiro atoms. The molecule has 4 aromatic rings. The summed E-state index contributed by atoms with van der Waals surface area (Å²) in [6, 6.07) is 9.38. The molecule has 9 nitrogen and oxygen atoms in total. The fourth-order valence-corrected chi connectivity index (χ4v) is 4.93. The molecule has 1 aliphatic rings. The Morgan fingerprint density at radius 2 is 1.80 bits per heavy atom. The van der Waals surface area contributed by atoms with Gasteiger partial charge in [-0.1, -0.05) is 5.16 Å². The highest BCUT2D eigenvalue weighted by atomic mass is 19.1. The van der Waals surface area contributed by atoms with Crippen LogP contribution in [0.2, 0.25) is 0 Å². The van der Waals surface area contributed by atoms with E-state index in [1.54, 1.807) is 38.2 Å². The largest absolute Gasteiger partial charge is 0.440 e. The van der Waals surface area contributed by atoms with Crippen LogP contribution in [0, 0.1) is 25.5 Å². The molecule has 0 aliphatic carbocycles. The monoisotopic (exact) mass is 562 g/mol. The van der Waals surface area contributed by atoms with Crippen molar-refractivity contribution >= 4 is 11.8 Å². The summed E-state index contributed by atoms with van der Waals surface area (Å²) in [7, 11) is 0. The van der Waals surface area contributed by atoms with Crippen molar-refractivity contribution in [3.63, 3.8) is 0 Å². The summed E-state index contributed by atoms with van der Waals surface area (Å²) in [6.45, 7) is 6.10. The first-order chi connectivity index (χ1) is 19.6. The molecule has 0 bridgehead atoms. The third-order valence-corrected chi connectivity index (χ3v) is 6.81. The van der Waals surface area contributed by atoms with Gasteiger partial charge in [-0.25, -0.2) is 18.6 Å². The number of oxazole rings is 1. The van der Waals surface area contributed by atoms with Crippen molar-refractivity contribution in [1.82, 2.24) is 9.55 Å². The zero-order valence-corrected chi connectivity index (χ0v) is 22.7. The average Bonchev–Trinajstić information content (AvgIpc) is 3.38. The maximum Gasteiger partial charge on any atom is 0.365 e. The van der Waals surface area contributed by atoms with E-state index in [9.17, 15) is 18.4 Å². The molecule has 0 unspecified atom stereocenters. The van der Waals surface area contributed by atoms with Crippen LogP contribution >= 0.6 is 0 Å². The summed E-state index contributed by atoms with van der Waals surface area (Å²) < 4.78 is 41.7. The average molecular weight is 563 g/mol. The van der Waals surface area contributed by atoms with Crippen molar-refractivity contribution in [2.75, 3.05) is 13.2 Å². The smallest absolute Gasteiger partial charge is 0.365 e. The zero-order chi connectivity index (χ0) is 29.3. The summed E-state index contributed by atoms with van der Waals surface area (Å²) in [5, 5.41) is 3.50. The van der Waals surface area contributed by atoms with E-state index in [0.717, 1.165) is 12.1 Å². The summed E-state index contributed by atoms with van der Waals surface area (Å²) in [4.78, 5) is 35.1. The molecule has 2 aromatic carbocycles. The number of halogens is 2. The topological polar surface area (TPSA) is 122 Å². The Balaban J connectivity index is 1.62. The fourth-order valence-electron chi connectivity index (χ4n) is 4.93. The van der Waals surface area contributed by atoms with E-state index in [1.165, 1.54) is 23.6 Å². The van der Waals surface area contributed by atoms with Gasteiger partial charge in [-0.05, 0) is 75.1 Å². The van der Waals surface area contributed by atoms with Crippen LogP contribution in [0.5, 0.6) is 0 Å². The van der Waals surface area contributed by atoms with Gasteiger partial charge in [0.15, 0.2) is 11.7 Å². The Morgan fingerprint density at radius 3 is 2.46 bits per heavy atom. The number of nitrogens with zero attached hydrogens (tertiary/aromatic N) is 3. The summed E-state index contributed by atoms with van der Waals surface area (Å²) in [5.41, 5.74) is 8.00. The van der Waals surface area contributed by atoms with Crippen molar-refractivity contribution in [1.29, 1.82) is 0 Å². The highest BCUT2D eigenvalue weighted by Crippen LogP contribution is 2.38. The molecule has 0 saturated carbocycles. The lowest BCUT2D eigenvalue weighted by Crippen LogP contribution is -2.19. The second kappa shape index (κ2) is 11.5. The number of hydrogen-bond acceptors (Lipinski definition) is 7. The van der Waals surface area contributed by atoms with Gasteiger partial charge in [-0.15, -0.1) is 0 Å². The molecule has 5 rings (SSSR count). The second-order valence-corrected chi connectivity index (χ2v) is 9.94. The molecule has 2 N–H and O–H groups in total. The van der Waals surface area contributed by atoms with Gasteiger partial charge in [0.05, 0.1) is 16.8 Å². The fraction of sp³-hybridized carbons (Fsp3) is 0.267. The minimum Gasteiger partial charge on any atom is -0.440 e. The number of ether oxygens (including phenoxy) is 1. The van der Waals surface area contributed by atoms with Gasteiger partial charge in [0.1, 0.15) is 23.2 Å². The van der Waals surface area contributed by atoms with Crippen LogP contribution in [0.15, 0.2) is 63.0 Å². The highest BCUT2D eigenvalue weighted by Gasteiger charge is 2.27. The number of carbonyl (C=O) groups is 1. The highest BCUT2D eigenvalue weighted by molar-refractivity contribution is 5.91. The normalized spacial score (nSPS) is 14.3. The Morgan fingerprint density at radius 1 is 1.10 bits per heavy atom. The molecule has 1 aliphatic heterocycles. The number of carbonyl (C=O) groups excluding carboxylic acids is 1. The molecule has 0 radical (unpaired) electrons. The van der Waals surface area contributed by atoms with E-state index in [1.807, 2.05) is 0 Å². The van der Waals surface area contributed by atoms with Crippen molar-refractivity contribution in [2.45, 2.75) is 39.5 Å². The van der Waals surface area contributed by atoms with Gasteiger partial charge in [0.2, 0.25) is 0 Å². The maximum atomic E-state index is 14.9. The van der Waals surface area contributed by atoms with E-state index >= 15 is 0 Å². The molecule has 1 saturated heterocycles. The Hall–Kier alpha value is -4.64. The van der Waals surface area contributed by atoms with E-state index in [-0.39, 0.29) is 34.2 Å². The van der Waals surface area contributed by atoms with Crippen molar-refractivity contribution < 1.29 is 27.6 Å². The summed E-state index contributed by atoms with van der Waals surface area (Å²) in [5.74, 6) is -1.58. The van der Waals surface area contributed by atoms with Crippen molar-refractivity contribution in [3.05, 3.63) is 93.2 Å². The van der Waals surface area contributed by atoms with Crippen molar-refractivity contribution in [3.8, 4) is 28.3 Å². The standard InChI is InChI=1S/C30H28F2N4O5/c1-16-12-21(30(38)41-35-18(3)33)13-17(2)27(16)36-15-20(4-7-25(36)37)26-28(23-6-5-22(31)14-24(23)32)40-29(34-26)19-8-10-39-11-9-19/h4-7,12-15,19H,8-11H2,1-3H3,(H2,33,35). The van der Waals surface area contributed by atoms with Crippen LogP contribution in [0.25, 0.3) is 28.3 Å². The Labute approximate surface area is 234 Å². The number of benzene rings is 2. The van der Waals surface area contributed by atoms with Crippen LogP contribution in [0.4, 0.5) is 8.78 Å². The van der Waals surface area contributed by atoms with Crippen molar-refractivity contribution in [2.24, 2.45) is 10.9 Å². The van der Waals surface area contributed by atoms with Gasteiger partial charge in [-0.2, -0.15) is 0 Å². The number of aromatic nitrogens is 2. The van der Waals surface area contributed by atoms with E-state index in [0.29, 0.717) is 60.0 Å². The molecule has 41 heavy (non-hydrogen) atoms. The molecule has 0 atom stereocenters. The predicted molar refractivity (Wildman–Crippen MR) is 148 cm³/mol. The molecule has 1 fully saturated rings. The van der Waals surface area contributed by atoms with Crippen LogP contribution in [-0.4, -0.2) is 34.6 Å². The number of hydrogen-bond donors (Lipinski definition) is 1. The van der Waals surface area contributed by atoms with Gasteiger partial charge >= 0.3 is 5.97 Å². The third kappa shape index (κ3) is 5.80. The quantitative estimate of drug-likeness (QED) is 0.145. The van der Waals surface area contributed by atoms with Crippen LogP contribution < -0.4 is 11.3 Å². The van der Waals surface area contributed by atoms with Crippen LogP contribution in [0.3, 0.4) is 0 Å². The van der Waals surface area contributed by atoms with Gasteiger partial charge < -0.3 is 19.7 Å². The second-order valence-electron chi connectivity index (χ2n) is 9.94. The van der Waals surface area contributed by atoms with Crippen LogP contribution in [0.1, 0.15) is 53.1 Å². The Bertz CT molecular complexity index is 1690. The van der Waals surface area contributed by atoms with Gasteiger partial charge in [0.25, 0.3) is 5.56 Å². The first-order valence-corrected chi connectivity index (χ1v) is 13.0. The number of oxime groups is 1. The van der Waals surface area contributed by atoms with E-state index in [2.05, 4.69) is 5.16 Å². The Kier molecular flexibility index (Phi) is 7.80. The summed E-state index contributed by atoms with van der Waals surface area (Å²) >= 11 is 0. The number of pyridine rings is 1. The van der Waals surface area contributed by atoms with Gasteiger partial charge in [-0.3, -0.25) is 9.36 Å². The molecule has 0 amide bonds. The lowest BCUT2D eigenvalue weighted by Gasteiger charge is -2.18. The SMILES string of the molecule is CC(N)=NOC(=O)c1cc(C)c(-n2cc(-c3nc(C4CCOCC4)oc3-c3ccc(F)cc3F)ccc2=O)c(C)c1. The van der Waals surface area contributed by atoms with E-state index in [4.69, 9.17) is 24.7 Å². The minimum atomic E-state index is -0.794. The first kappa shape index (κ1) is 27.9. The van der Waals surface area contributed by atoms with E-state index < -0.39 is 17.6 Å². The molecule has 3 heterocycles. The third-order valence-electron chi connectivity index (χ3n) is 6.81. The minimum absolute atomic E-state index is 0.0325.